The number of fused-ring (bicyclic) bond motifs is 6. The fourth-order valence-electron chi connectivity index (χ4n) is 5.36. The van der Waals surface area contributed by atoms with E-state index in [1.54, 1.807) is 43.9 Å². The van der Waals surface area contributed by atoms with Gasteiger partial charge in [-0.15, -0.1) is 22.7 Å². The summed E-state index contributed by atoms with van der Waals surface area (Å²) in [6, 6.07) is 19.6. The van der Waals surface area contributed by atoms with Gasteiger partial charge in [-0.25, -0.2) is 19.9 Å². The van der Waals surface area contributed by atoms with E-state index in [0.717, 1.165) is 38.7 Å². The summed E-state index contributed by atoms with van der Waals surface area (Å²) < 4.78 is 46.7. The maximum atomic E-state index is 12.9. The predicted molar refractivity (Wildman–Crippen MR) is 192 cm³/mol. The molecule has 6 heterocycles. The highest BCUT2D eigenvalue weighted by molar-refractivity contribution is 7.25. The number of hydrogen-bond acceptors (Lipinski definition) is 11. The smallest absolute Gasteiger partial charge is 0.405 e. The first-order valence-electron chi connectivity index (χ1n) is 14.9. The van der Waals surface area contributed by atoms with Crippen molar-refractivity contribution in [2.75, 3.05) is 31.3 Å². The molecule has 0 amide bonds. The van der Waals surface area contributed by atoms with Crippen LogP contribution in [-0.4, -0.2) is 55.9 Å². The Hall–Kier alpha value is -5.87. The van der Waals surface area contributed by atoms with Crippen molar-refractivity contribution in [2.24, 2.45) is 0 Å². The quantitative estimate of drug-likeness (QED) is 0.187. The van der Waals surface area contributed by atoms with Crippen molar-refractivity contribution in [2.45, 2.75) is 6.18 Å². The van der Waals surface area contributed by atoms with E-state index in [-0.39, 0.29) is 16.8 Å². The number of aromatic nitrogens is 6. The molecule has 8 rings (SSSR count). The van der Waals surface area contributed by atoms with Crippen LogP contribution in [0.25, 0.3) is 52.2 Å². The van der Waals surface area contributed by atoms with Crippen LogP contribution in [0.1, 0.15) is 0 Å². The van der Waals surface area contributed by atoms with E-state index in [0.29, 0.717) is 36.3 Å². The summed E-state index contributed by atoms with van der Waals surface area (Å²) in [5.41, 5.74) is 3.22. The number of anilines is 2. The van der Waals surface area contributed by atoms with Gasteiger partial charge in [-0.3, -0.25) is 18.7 Å². The first kappa shape index (κ1) is 32.7. The molecular formula is C34H25F3N8O3S2. The average molecular weight is 715 g/mol. The standard InChI is InChI=1S/C17H11F3N4OS.C17H14N4O2S/c18-17(19,20)8-22-11-6-7-21-15-12(11)13-14(26-15)16(25)24(9-23-13)10-4-2-1-3-5-10;1-18-12-7-8-19-16-13(12)14-15(24-16)17(22)21(9-20-14)10-3-5-11(23-2)6-4-10/h1-7,9H,8H2,(H,21,22);3-9H,1-2H3,(H,18,19). The molecular weight excluding hydrogens is 690 g/mol. The molecule has 0 bridgehead atoms. The first-order chi connectivity index (χ1) is 24.2. The largest absolute Gasteiger partial charge is 0.497 e. The van der Waals surface area contributed by atoms with Crippen molar-refractivity contribution in [1.82, 2.24) is 29.1 Å². The third-order valence-corrected chi connectivity index (χ3v) is 9.85. The fraction of sp³-hybridized carbons (Fsp3) is 0.118. The van der Waals surface area contributed by atoms with Crippen molar-refractivity contribution >= 4 is 74.9 Å². The normalized spacial score (nSPS) is 11.5. The van der Waals surface area contributed by atoms with Gasteiger partial charge in [-0.2, -0.15) is 13.2 Å². The zero-order valence-corrected chi connectivity index (χ0v) is 27.9. The molecule has 50 heavy (non-hydrogen) atoms. The van der Waals surface area contributed by atoms with Crippen molar-refractivity contribution in [3.05, 3.63) is 112 Å². The van der Waals surface area contributed by atoms with E-state index >= 15 is 0 Å². The molecule has 0 fully saturated rings. The summed E-state index contributed by atoms with van der Waals surface area (Å²) in [4.78, 5) is 44.4. The first-order valence-corrected chi connectivity index (χ1v) is 16.6. The van der Waals surface area contributed by atoms with Crippen LogP contribution in [0.5, 0.6) is 5.75 Å². The Bertz CT molecular complexity index is 2620. The Morgan fingerprint density at radius 2 is 1.24 bits per heavy atom. The van der Waals surface area contributed by atoms with E-state index in [1.165, 1.54) is 39.1 Å². The lowest BCUT2D eigenvalue weighted by Crippen LogP contribution is -2.21. The molecule has 0 radical (unpaired) electrons. The highest BCUT2D eigenvalue weighted by Crippen LogP contribution is 2.35. The number of thiophene rings is 2. The minimum atomic E-state index is -4.35. The minimum Gasteiger partial charge on any atom is -0.497 e. The van der Waals surface area contributed by atoms with Crippen molar-refractivity contribution in [1.29, 1.82) is 0 Å². The lowest BCUT2D eigenvalue weighted by molar-refractivity contribution is -0.115. The van der Waals surface area contributed by atoms with Crippen LogP contribution in [0.2, 0.25) is 0 Å². The van der Waals surface area contributed by atoms with Crippen LogP contribution >= 0.6 is 22.7 Å². The second kappa shape index (κ2) is 13.2. The van der Waals surface area contributed by atoms with Gasteiger partial charge in [0.05, 0.1) is 40.3 Å². The van der Waals surface area contributed by atoms with Gasteiger partial charge in [0, 0.05) is 30.8 Å². The van der Waals surface area contributed by atoms with Crippen LogP contribution in [0.4, 0.5) is 24.5 Å². The molecule has 0 aliphatic heterocycles. The third kappa shape index (κ3) is 6.10. The molecule has 0 saturated heterocycles. The lowest BCUT2D eigenvalue weighted by atomic mass is 10.2. The number of pyridine rings is 2. The summed E-state index contributed by atoms with van der Waals surface area (Å²) in [7, 11) is 3.45. The van der Waals surface area contributed by atoms with Gasteiger partial charge >= 0.3 is 6.18 Å². The third-order valence-electron chi connectivity index (χ3n) is 7.70. The Morgan fingerprint density at radius 3 is 1.76 bits per heavy atom. The number of halogens is 3. The van der Waals surface area contributed by atoms with Crippen molar-refractivity contribution in [3.8, 4) is 17.1 Å². The topological polar surface area (TPSA) is 129 Å². The monoisotopic (exact) mass is 714 g/mol. The van der Waals surface area contributed by atoms with Gasteiger partial charge < -0.3 is 15.4 Å². The predicted octanol–water partition coefficient (Wildman–Crippen LogP) is 7.02. The van der Waals surface area contributed by atoms with Gasteiger partial charge in [0.15, 0.2) is 0 Å². The van der Waals surface area contributed by atoms with E-state index in [2.05, 4.69) is 30.6 Å². The molecule has 0 unspecified atom stereocenters. The van der Waals surface area contributed by atoms with Crippen LogP contribution < -0.4 is 26.5 Å². The van der Waals surface area contributed by atoms with Gasteiger partial charge in [0.1, 0.15) is 44.0 Å². The summed E-state index contributed by atoms with van der Waals surface area (Å²) in [6.45, 7) is -1.18. The number of methoxy groups -OCH3 is 1. The highest BCUT2D eigenvalue weighted by Gasteiger charge is 2.27. The number of hydrogen-bond donors (Lipinski definition) is 2. The van der Waals surface area contributed by atoms with E-state index in [4.69, 9.17) is 4.74 Å². The summed E-state index contributed by atoms with van der Waals surface area (Å²) >= 11 is 2.48. The summed E-state index contributed by atoms with van der Waals surface area (Å²) in [5, 5.41) is 6.81. The van der Waals surface area contributed by atoms with Crippen LogP contribution in [0.15, 0.2) is 101 Å². The molecule has 6 aromatic heterocycles. The molecule has 8 aromatic rings. The van der Waals surface area contributed by atoms with Gasteiger partial charge in [0.25, 0.3) is 11.1 Å². The van der Waals surface area contributed by atoms with Gasteiger partial charge in [-0.05, 0) is 48.5 Å². The molecule has 252 valence electrons. The SMILES string of the molecule is CNc1ccnc2sc3c(=O)n(-c4ccc(OC)cc4)cnc3c12.O=c1c2sc3nccc(NCC(F)(F)F)c3c2ncn1-c1ccccc1. The Labute approximate surface area is 288 Å². The Kier molecular flexibility index (Phi) is 8.63. The molecule has 0 saturated carbocycles. The number of ether oxygens (including phenoxy) is 1. The maximum absolute atomic E-state index is 12.9. The van der Waals surface area contributed by atoms with E-state index in [9.17, 15) is 22.8 Å². The molecule has 0 spiro atoms. The van der Waals surface area contributed by atoms with Crippen LogP contribution in [0.3, 0.4) is 0 Å². The molecule has 2 aromatic carbocycles. The van der Waals surface area contributed by atoms with E-state index in [1.807, 2.05) is 43.4 Å². The Morgan fingerprint density at radius 1 is 0.720 bits per heavy atom. The molecule has 0 aliphatic rings. The fourth-order valence-corrected chi connectivity index (χ4v) is 7.46. The number of para-hydroxylation sites is 1. The zero-order valence-electron chi connectivity index (χ0n) is 26.2. The summed E-state index contributed by atoms with van der Waals surface area (Å²) in [6.07, 6.45) is 1.73. The summed E-state index contributed by atoms with van der Waals surface area (Å²) in [5.74, 6) is 0.741. The molecule has 2 N–H and O–H groups in total. The van der Waals surface area contributed by atoms with Crippen molar-refractivity contribution in [3.63, 3.8) is 0 Å². The number of nitrogens with one attached hydrogen (secondary N) is 2. The molecule has 11 nitrogen and oxygen atoms in total. The van der Waals surface area contributed by atoms with Crippen LogP contribution in [-0.2, 0) is 0 Å². The second-order valence-corrected chi connectivity index (χ2v) is 12.7. The number of alkyl halides is 3. The number of rotatable bonds is 6. The Balaban J connectivity index is 0.000000157. The lowest BCUT2D eigenvalue weighted by Gasteiger charge is -2.10. The minimum absolute atomic E-state index is 0.102. The highest BCUT2D eigenvalue weighted by atomic mass is 32.1. The molecule has 0 aliphatic carbocycles. The number of nitrogens with zero attached hydrogens (tertiary/aromatic N) is 6. The molecule has 0 atom stereocenters. The average Bonchev–Trinajstić information content (AvgIpc) is 3.72. The maximum Gasteiger partial charge on any atom is 0.405 e. The second-order valence-electron chi connectivity index (χ2n) is 10.7. The number of benzene rings is 2. The van der Waals surface area contributed by atoms with Crippen molar-refractivity contribution < 1.29 is 17.9 Å². The van der Waals surface area contributed by atoms with Crippen LogP contribution in [0, 0.1) is 0 Å². The van der Waals surface area contributed by atoms with E-state index < -0.39 is 12.7 Å². The zero-order chi connectivity index (χ0) is 35.0. The molecule has 16 heteroatoms. The van der Waals surface area contributed by atoms with Gasteiger partial charge in [-0.1, -0.05) is 18.2 Å². The van der Waals surface area contributed by atoms with Gasteiger partial charge in [0.2, 0.25) is 0 Å².